The first-order chi connectivity index (χ1) is 13.6. The Balaban J connectivity index is 1.96. The van der Waals surface area contributed by atoms with Crippen molar-refractivity contribution in [2.24, 2.45) is 0 Å². The van der Waals surface area contributed by atoms with Crippen LogP contribution in [0.4, 0.5) is 0 Å². The van der Waals surface area contributed by atoms with Gasteiger partial charge in [0.25, 0.3) is 0 Å². The van der Waals surface area contributed by atoms with Crippen LogP contribution in [0.15, 0.2) is 60.7 Å². The van der Waals surface area contributed by atoms with Gasteiger partial charge in [0.15, 0.2) is 0 Å². The van der Waals surface area contributed by atoms with Gasteiger partial charge in [-0.1, -0.05) is 80.4 Å². The SMILES string of the molecule is CCCCCC(=O)OC[C@@H](O)[C@H](C)N(Cc1ccccc1)Cc1ccccc1. The Bertz CT molecular complexity index is 633. The van der Waals surface area contributed by atoms with Crippen LogP contribution in [0.3, 0.4) is 0 Å². The van der Waals surface area contributed by atoms with E-state index in [1.807, 2.05) is 43.3 Å². The molecule has 0 heterocycles. The number of hydrogen-bond donors (Lipinski definition) is 1. The molecule has 2 atom stereocenters. The third-order valence-electron chi connectivity index (χ3n) is 4.99. The van der Waals surface area contributed by atoms with Crippen molar-refractivity contribution in [3.63, 3.8) is 0 Å². The maximum Gasteiger partial charge on any atom is 0.305 e. The molecular formula is C24H33NO3. The van der Waals surface area contributed by atoms with E-state index in [1.54, 1.807) is 0 Å². The first-order valence-corrected chi connectivity index (χ1v) is 10.3. The van der Waals surface area contributed by atoms with Crippen molar-refractivity contribution in [1.82, 2.24) is 4.90 Å². The van der Waals surface area contributed by atoms with Crippen LogP contribution >= 0.6 is 0 Å². The zero-order valence-electron chi connectivity index (χ0n) is 17.1. The minimum Gasteiger partial charge on any atom is -0.463 e. The van der Waals surface area contributed by atoms with Crippen LogP contribution in [-0.4, -0.2) is 34.7 Å². The van der Waals surface area contributed by atoms with Crippen LogP contribution < -0.4 is 0 Å². The molecule has 0 bridgehead atoms. The summed E-state index contributed by atoms with van der Waals surface area (Å²) < 4.78 is 5.31. The Labute approximate surface area is 169 Å². The predicted octanol–water partition coefficient (Wildman–Crippen LogP) is 4.56. The topological polar surface area (TPSA) is 49.8 Å². The summed E-state index contributed by atoms with van der Waals surface area (Å²) in [5.41, 5.74) is 2.38. The van der Waals surface area contributed by atoms with Gasteiger partial charge in [-0.2, -0.15) is 0 Å². The van der Waals surface area contributed by atoms with Gasteiger partial charge < -0.3 is 9.84 Å². The Kier molecular flexibility index (Phi) is 9.73. The smallest absolute Gasteiger partial charge is 0.305 e. The predicted molar refractivity (Wildman–Crippen MR) is 113 cm³/mol. The molecule has 0 saturated heterocycles. The summed E-state index contributed by atoms with van der Waals surface area (Å²) in [6, 6.07) is 20.3. The van der Waals surface area contributed by atoms with E-state index in [1.165, 1.54) is 11.1 Å². The lowest BCUT2D eigenvalue weighted by atomic mass is 10.1. The monoisotopic (exact) mass is 383 g/mol. The molecule has 0 radical (unpaired) electrons. The summed E-state index contributed by atoms with van der Waals surface area (Å²) in [7, 11) is 0. The van der Waals surface area contributed by atoms with E-state index in [4.69, 9.17) is 4.74 Å². The Morgan fingerprint density at radius 1 is 0.964 bits per heavy atom. The molecule has 0 spiro atoms. The van der Waals surface area contributed by atoms with Crippen LogP contribution in [0.1, 0.15) is 50.7 Å². The quantitative estimate of drug-likeness (QED) is 0.431. The molecule has 0 aliphatic carbocycles. The highest BCUT2D eigenvalue weighted by molar-refractivity contribution is 5.69. The van der Waals surface area contributed by atoms with E-state index in [-0.39, 0.29) is 18.6 Å². The van der Waals surface area contributed by atoms with Crippen LogP contribution in [-0.2, 0) is 22.6 Å². The standard InChI is InChI=1S/C24H33NO3/c1-3-4-7-16-24(27)28-19-23(26)20(2)25(17-21-12-8-5-9-13-21)18-22-14-10-6-11-15-22/h5-6,8-15,20,23,26H,3-4,7,16-19H2,1-2H3/t20-,23+/m0/s1. The van der Waals surface area contributed by atoms with Crippen molar-refractivity contribution < 1.29 is 14.6 Å². The number of hydrogen-bond acceptors (Lipinski definition) is 4. The highest BCUT2D eigenvalue weighted by Crippen LogP contribution is 2.16. The molecule has 0 aliphatic rings. The molecule has 2 aromatic rings. The molecule has 0 saturated carbocycles. The highest BCUT2D eigenvalue weighted by atomic mass is 16.5. The second-order valence-electron chi connectivity index (χ2n) is 7.32. The number of aliphatic hydroxyl groups excluding tert-OH is 1. The number of unbranched alkanes of at least 4 members (excludes halogenated alkanes) is 2. The van der Waals surface area contributed by atoms with E-state index >= 15 is 0 Å². The molecule has 0 amide bonds. The summed E-state index contributed by atoms with van der Waals surface area (Å²) in [5, 5.41) is 10.6. The summed E-state index contributed by atoms with van der Waals surface area (Å²) in [5.74, 6) is -0.225. The van der Waals surface area contributed by atoms with Crippen molar-refractivity contribution in [2.45, 2.75) is 64.8 Å². The second kappa shape index (κ2) is 12.3. The van der Waals surface area contributed by atoms with Gasteiger partial charge in [0.1, 0.15) is 12.7 Å². The fraction of sp³-hybridized carbons (Fsp3) is 0.458. The summed E-state index contributed by atoms with van der Waals surface area (Å²) >= 11 is 0. The Hall–Kier alpha value is -2.17. The van der Waals surface area contributed by atoms with Gasteiger partial charge in [-0.15, -0.1) is 0 Å². The van der Waals surface area contributed by atoms with Gasteiger partial charge in [-0.3, -0.25) is 9.69 Å². The van der Waals surface area contributed by atoms with Crippen molar-refractivity contribution >= 4 is 5.97 Å². The number of esters is 1. The van der Waals surface area contributed by atoms with Crippen LogP contribution in [0.2, 0.25) is 0 Å². The largest absolute Gasteiger partial charge is 0.463 e. The molecule has 0 aliphatic heterocycles. The fourth-order valence-corrected chi connectivity index (χ4v) is 3.13. The van der Waals surface area contributed by atoms with Crippen molar-refractivity contribution in [3.8, 4) is 0 Å². The van der Waals surface area contributed by atoms with Gasteiger partial charge in [0, 0.05) is 25.6 Å². The average molecular weight is 384 g/mol. The van der Waals surface area contributed by atoms with E-state index < -0.39 is 6.10 Å². The first kappa shape index (κ1) is 22.1. The molecule has 4 nitrogen and oxygen atoms in total. The summed E-state index contributed by atoms with van der Waals surface area (Å²) in [6.07, 6.45) is 2.63. The lowest BCUT2D eigenvalue weighted by Gasteiger charge is -2.32. The van der Waals surface area contributed by atoms with Gasteiger partial charge in [0.2, 0.25) is 0 Å². The molecule has 0 unspecified atom stereocenters. The molecule has 4 heteroatoms. The lowest BCUT2D eigenvalue weighted by Crippen LogP contribution is -2.43. The summed E-state index contributed by atoms with van der Waals surface area (Å²) in [6.45, 7) is 5.56. The van der Waals surface area contributed by atoms with Gasteiger partial charge in [-0.05, 0) is 24.5 Å². The summed E-state index contributed by atoms with van der Waals surface area (Å²) in [4.78, 5) is 14.1. The Morgan fingerprint density at radius 3 is 2.00 bits per heavy atom. The van der Waals surface area contributed by atoms with Gasteiger partial charge in [0.05, 0.1) is 0 Å². The minimum atomic E-state index is -0.734. The fourth-order valence-electron chi connectivity index (χ4n) is 3.13. The number of aliphatic hydroxyl groups is 1. The molecule has 152 valence electrons. The molecule has 0 aromatic heterocycles. The number of benzene rings is 2. The zero-order chi connectivity index (χ0) is 20.2. The molecule has 2 aromatic carbocycles. The van der Waals surface area contributed by atoms with Crippen LogP contribution in [0.25, 0.3) is 0 Å². The number of ether oxygens (including phenoxy) is 1. The van der Waals surface area contributed by atoms with Crippen molar-refractivity contribution in [2.75, 3.05) is 6.61 Å². The number of carbonyl (C=O) groups is 1. The number of rotatable bonds is 12. The van der Waals surface area contributed by atoms with Crippen LogP contribution in [0, 0.1) is 0 Å². The van der Waals surface area contributed by atoms with E-state index in [0.717, 1.165) is 32.4 Å². The molecule has 0 fully saturated rings. The van der Waals surface area contributed by atoms with E-state index in [0.29, 0.717) is 6.42 Å². The zero-order valence-corrected chi connectivity index (χ0v) is 17.1. The second-order valence-corrected chi connectivity index (χ2v) is 7.32. The van der Waals surface area contributed by atoms with E-state index in [9.17, 15) is 9.90 Å². The molecular weight excluding hydrogens is 350 g/mol. The third kappa shape index (κ3) is 7.83. The van der Waals surface area contributed by atoms with Crippen molar-refractivity contribution in [3.05, 3.63) is 71.8 Å². The molecule has 2 rings (SSSR count). The van der Waals surface area contributed by atoms with Gasteiger partial charge >= 0.3 is 5.97 Å². The first-order valence-electron chi connectivity index (χ1n) is 10.3. The minimum absolute atomic E-state index is 0.0339. The Morgan fingerprint density at radius 2 is 1.50 bits per heavy atom. The third-order valence-corrected chi connectivity index (χ3v) is 4.99. The van der Waals surface area contributed by atoms with Crippen LogP contribution in [0.5, 0.6) is 0 Å². The van der Waals surface area contributed by atoms with Gasteiger partial charge in [-0.25, -0.2) is 0 Å². The van der Waals surface area contributed by atoms with Crippen molar-refractivity contribution in [1.29, 1.82) is 0 Å². The average Bonchev–Trinajstić information content (AvgIpc) is 2.72. The maximum atomic E-state index is 11.8. The number of nitrogens with zero attached hydrogens (tertiary/aromatic N) is 1. The lowest BCUT2D eigenvalue weighted by molar-refractivity contribution is -0.148. The maximum absolute atomic E-state index is 11.8. The normalized spacial score (nSPS) is 13.3. The molecule has 1 N–H and O–H groups in total. The van der Waals surface area contributed by atoms with E-state index in [2.05, 4.69) is 36.1 Å². The highest BCUT2D eigenvalue weighted by Gasteiger charge is 2.23. The number of carbonyl (C=O) groups excluding carboxylic acids is 1. The molecule has 28 heavy (non-hydrogen) atoms.